The summed E-state index contributed by atoms with van der Waals surface area (Å²) in [6, 6.07) is 10.8. The van der Waals surface area contributed by atoms with Gasteiger partial charge in [-0.2, -0.15) is 0 Å². The Balaban J connectivity index is 1.70. The Morgan fingerprint density at radius 3 is 2.17 bits per heavy atom. The molecule has 3 nitrogen and oxygen atoms in total. The van der Waals surface area contributed by atoms with E-state index in [1.165, 1.54) is 12.1 Å². The molecule has 1 fully saturated rings. The number of rotatable bonds is 4. The first-order valence-corrected chi connectivity index (χ1v) is 7.44. The molecule has 2 aromatic carbocycles. The fraction of sp³-hybridized carbons (Fsp3) is 0.294. The minimum Gasteiger partial charge on any atom is -0.407 e. The van der Waals surface area contributed by atoms with E-state index in [0.29, 0.717) is 25.4 Å². The summed E-state index contributed by atoms with van der Waals surface area (Å²) in [6.45, 7) is 1.77. The minimum absolute atomic E-state index is 0.241. The standard InChI is InChI=1S/C17H17BF2O3/c1-21-9-12-10-22-18(23-11-12)15-4-2-13(3-5-15)14-6-16(19)8-17(20)7-14/h2-8,12H,9-11H2,1H3. The number of hydrogen-bond acceptors (Lipinski definition) is 3. The molecule has 2 aromatic rings. The third-order valence-electron chi connectivity index (χ3n) is 3.75. The Hall–Kier alpha value is -1.76. The summed E-state index contributed by atoms with van der Waals surface area (Å²) in [6.07, 6.45) is 0. The van der Waals surface area contributed by atoms with Crippen LogP contribution in [-0.2, 0) is 14.0 Å². The average molecular weight is 318 g/mol. The van der Waals surface area contributed by atoms with E-state index in [4.69, 9.17) is 14.0 Å². The molecule has 0 spiro atoms. The molecule has 0 unspecified atom stereocenters. The number of methoxy groups -OCH3 is 1. The van der Waals surface area contributed by atoms with E-state index in [9.17, 15) is 8.78 Å². The largest absolute Gasteiger partial charge is 0.493 e. The van der Waals surface area contributed by atoms with Gasteiger partial charge in [-0.25, -0.2) is 8.78 Å². The lowest BCUT2D eigenvalue weighted by atomic mass is 9.77. The van der Waals surface area contributed by atoms with Gasteiger partial charge in [-0.15, -0.1) is 0 Å². The Morgan fingerprint density at radius 2 is 1.61 bits per heavy atom. The molecule has 0 amide bonds. The molecule has 0 bridgehead atoms. The summed E-state index contributed by atoms with van der Waals surface area (Å²) in [4.78, 5) is 0. The quantitative estimate of drug-likeness (QED) is 0.811. The molecular formula is C17H17BF2O3. The van der Waals surface area contributed by atoms with Gasteiger partial charge in [0.25, 0.3) is 0 Å². The number of hydrogen-bond donors (Lipinski definition) is 0. The molecule has 0 N–H and O–H groups in total. The Bertz CT molecular complexity index is 635. The lowest BCUT2D eigenvalue weighted by Gasteiger charge is -2.27. The highest BCUT2D eigenvalue weighted by molar-refractivity contribution is 6.61. The second-order valence-electron chi connectivity index (χ2n) is 5.60. The van der Waals surface area contributed by atoms with Crippen LogP contribution >= 0.6 is 0 Å². The number of halogens is 2. The van der Waals surface area contributed by atoms with Crippen molar-refractivity contribution in [1.82, 2.24) is 0 Å². The van der Waals surface area contributed by atoms with Crippen molar-refractivity contribution in [2.24, 2.45) is 5.92 Å². The predicted molar refractivity (Wildman–Crippen MR) is 84.5 cm³/mol. The minimum atomic E-state index is -0.591. The molecule has 1 heterocycles. The zero-order valence-electron chi connectivity index (χ0n) is 12.8. The van der Waals surface area contributed by atoms with Crippen molar-refractivity contribution in [1.29, 1.82) is 0 Å². The van der Waals surface area contributed by atoms with Crippen molar-refractivity contribution < 1.29 is 22.8 Å². The summed E-state index contributed by atoms with van der Waals surface area (Å²) in [5.41, 5.74) is 2.11. The Morgan fingerprint density at radius 1 is 1.00 bits per heavy atom. The topological polar surface area (TPSA) is 27.7 Å². The van der Waals surface area contributed by atoms with Crippen LogP contribution in [0.5, 0.6) is 0 Å². The van der Waals surface area contributed by atoms with Crippen LogP contribution in [0.1, 0.15) is 0 Å². The van der Waals surface area contributed by atoms with Gasteiger partial charge in [0.2, 0.25) is 0 Å². The summed E-state index contributed by atoms with van der Waals surface area (Å²) in [5.74, 6) is -0.940. The van der Waals surface area contributed by atoms with Crippen molar-refractivity contribution >= 4 is 12.6 Å². The molecule has 1 aliphatic rings. The van der Waals surface area contributed by atoms with Gasteiger partial charge in [0.05, 0.1) is 6.61 Å². The van der Waals surface area contributed by atoms with E-state index in [2.05, 4.69) is 0 Å². The lowest BCUT2D eigenvalue weighted by Crippen LogP contribution is -2.45. The van der Waals surface area contributed by atoms with E-state index in [1.807, 2.05) is 12.1 Å². The van der Waals surface area contributed by atoms with Crippen LogP contribution in [0.2, 0.25) is 0 Å². The van der Waals surface area contributed by atoms with Crippen LogP contribution in [0.3, 0.4) is 0 Å². The fourth-order valence-electron chi connectivity index (χ4n) is 2.62. The van der Waals surface area contributed by atoms with Crippen LogP contribution < -0.4 is 5.46 Å². The number of ether oxygens (including phenoxy) is 1. The van der Waals surface area contributed by atoms with Gasteiger partial charge in [-0.3, -0.25) is 0 Å². The van der Waals surface area contributed by atoms with Crippen LogP contribution in [-0.4, -0.2) is 34.0 Å². The van der Waals surface area contributed by atoms with Crippen molar-refractivity contribution in [3.05, 3.63) is 54.1 Å². The molecular weight excluding hydrogens is 301 g/mol. The summed E-state index contributed by atoms with van der Waals surface area (Å²) in [7, 11) is 1.24. The van der Waals surface area contributed by atoms with Gasteiger partial charge < -0.3 is 14.0 Å². The lowest BCUT2D eigenvalue weighted by molar-refractivity contribution is 0.0364. The first kappa shape index (κ1) is 16.1. The SMILES string of the molecule is COCC1COB(c2ccc(-c3cc(F)cc(F)c3)cc2)OC1. The normalized spacial score (nSPS) is 15.9. The highest BCUT2D eigenvalue weighted by atomic mass is 19.1. The van der Waals surface area contributed by atoms with Crippen molar-refractivity contribution in [2.75, 3.05) is 26.9 Å². The van der Waals surface area contributed by atoms with E-state index in [1.54, 1.807) is 19.2 Å². The van der Waals surface area contributed by atoms with E-state index < -0.39 is 18.8 Å². The van der Waals surface area contributed by atoms with Crippen LogP contribution in [0, 0.1) is 17.6 Å². The Kier molecular flexibility index (Phi) is 5.05. The molecule has 120 valence electrons. The third kappa shape index (κ3) is 3.96. The first-order chi connectivity index (χ1) is 11.2. The van der Waals surface area contributed by atoms with Gasteiger partial charge in [0.1, 0.15) is 11.6 Å². The zero-order valence-corrected chi connectivity index (χ0v) is 12.8. The predicted octanol–water partition coefficient (Wildman–Crippen LogP) is 2.64. The highest BCUT2D eigenvalue weighted by Crippen LogP contribution is 2.21. The maximum atomic E-state index is 13.3. The molecule has 23 heavy (non-hydrogen) atoms. The van der Waals surface area contributed by atoms with Crippen molar-refractivity contribution in [2.45, 2.75) is 0 Å². The maximum Gasteiger partial charge on any atom is 0.493 e. The first-order valence-electron chi connectivity index (χ1n) is 7.44. The van der Waals surface area contributed by atoms with E-state index in [-0.39, 0.29) is 5.92 Å². The summed E-state index contributed by atoms with van der Waals surface area (Å²) < 4.78 is 43.1. The highest BCUT2D eigenvalue weighted by Gasteiger charge is 2.29. The molecule has 0 radical (unpaired) electrons. The van der Waals surface area contributed by atoms with Gasteiger partial charge in [-0.1, -0.05) is 24.3 Å². The van der Waals surface area contributed by atoms with Crippen LogP contribution in [0.15, 0.2) is 42.5 Å². The van der Waals surface area contributed by atoms with Crippen molar-refractivity contribution in [3.63, 3.8) is 0 Å². The van der Waals surface area contributed by atoms with Gasteiger partial charge in [0, 0.05) is 32.3 Å². The van der Waals surface area contributed by atoms with Gasteiger partial charge in [-0.05, 0) is 28.7 Å². The molecule has 0 aliphatic carbocycles. The Labute approximate surface area is 134 Å². The summed E-state index contributed by atoms with van der Waals surface area (Å²) >= 11 is 0. The maximum absolute atomic E-state index is 13.3. The second kappa shape index (κ2) is 7.21. The van der Waals surface area contributed by atoms with Gasteiger partial charge in [0.15, 0.2) is 0 Å². The monoisotopic (exact) mass is 318 g/mol. The smallest absolute Gasteiger partial charge is 0.407 e. The average Bonchev–Trinajstić information content (AvgIpc) is 2.55. The van der Waals surface area contributed by atoms with Gasteiger partial charge >= 0.3 is 7.12 Å². The fourth-order valence-corrected chi connectivity index (χ4v) is 2.62. The van der Waals surface area contributed by atoms with Crippen LogP contribution in [0.25, 0.3) is 11.1 Å². The van der Waals surface area contributed by atoms with Crippen LogP contribution in [0.4, 0.5) is 8.78 Å². The molecule has 6 heteroatoms. The molecule has 0 atom stereocenters. The van der Waals surface area contributed by atoms with Crippen molar-refractivity contribution in [3.8, 4) is 11.1 Å². The molecule has 1 aliphatic heterocycles. The van der Waals surface area contributed by atoms with E-state index >= 15 is 0 Å². The van der Waals surface area contributed by atoms with E-state index in [0.717, 1.165) is 17.1 Å². The molecule has 3 rings (SSSR count). The third-order valence-corrected chi connectivity index (χ3v) is 3.75. The zero-order chi connectivity index (χ0) is 16.2. The molecule has 1 saturated heterocycles. The second-order valence-corrected chi connectivity index (χ2v) is 5.60. The number of benzene rings is 2. The molecule has 0 aromatic heterocycles. The summed E-state index contributed by atoms with van der Waals surface area (Å²) in [5, 5.41) is 0. The molecule has 0 saturated carbocycles.